The Hall–Kier alpha value is -3.84. The number of rotatable bonds is 6. The topological polar surface area (TPSA) is 112 Å². The lowest BCUT2D eigenvalue weighted by Gasteiger charge is -2.14. The summed E-state index contributed by atoms with van der Waals surface area (Å²) in [7, 11) is 0. The van der Waals surface area contributed by atoms with Crippen LogP contribution in [0.4, 0.5) is 5.69 Å². The Morgan fingerprint density at radius 1 is 1.08 bits per heavy atom. The van der Waals surface area contributed by atoms with E-state index in [1.165, 1.54) is 13.0 Å². The van der Waals surface area contributed by atoms with E-state index in [0.717, 1.165) is 0 Å². The highest BCUT2D eigenvalue weighted by molar-refractivity contribution is 5.95. The largest absolute Gasteiger partial charge is 0.482 e. The third-order valence-electron chi connectivity index (χ3n) is 3.28. The summed E-state index contributed by atoms with van der Waals surface area (Å²) in [4.78, 5) is 23.8. The van der Waals surface area contributed by atoms with Gasteiger partial charge in [0.2, 0.25) is 0 Å². The fourth-order valence-corrected chi connectivity index (χ4v) is 1.96. The second kappa shape index (κ2) is 8.86. The van der Waals surface area contributed by atoms with Crippen LogP contribution < -0.4 is 10.1 Å². The zero-order valence-electron chi connectivity index (χ0n) is 13.9. The lowest BCUT2D eigenvalue weighted by atomic mass is 10.2. The number of carbonyl (C=O) groups excluding carboxylic acids is 2. The number of hydrogen-bond acceptors (Lipinski definition) is 6. The van der Waals surface area contributed by atoms with Crippen molar-refractivity contribution in [2.75, 3.05) is 11.9 Å². The second-order valence-corrected chi connectivity index (χ2v) is 5.24. The number of benzene rings is 2. The number of carbonyl (C=O) groups is 2. The molecule has 0 spiro atoms. The van der Waals surface area contributed by atoms with Gasteiger partial charge in [0.1, 0.15) is 5.75 Å². The molecule has 0 fully saturated rings. The Morgan fingerprint density at radius 2 is 1.77 bits per heavy atom. The summed E-state index contributed by atoms with van der Waals surface area (Å²) in [5.74, 6) is -0.819. The molecule has 2 rings (SSSR count). The molecule has 0 aliphatic heterocycles. The van der Waals surface area contributed by atoms with Crippen molar-refractivity contribution in [1.29, 1.82) is 10.5 Å². The number of nitriles is 2. The van der Waals surface area contributed by atoms with E-state index in [1.54, 1.807) is 42.5 Å². The van der Waals surface area contributed by atoms with Crippen LogP contribution in [0.3, 0.4) is 0 Å². The third-order valence-corrected chi connectivity index (χ3v) is 3.28. The molecule has 1 unspecified atom stereocenters. The maximum absolute atomic E-state index is 12.0. The quantitative estimate of drug-likeness (QED) is 0.801. The van der Waals surface area contributed by atoms with E-state index in [9.17, 15) is 9.59 Å². The van der Waals surface area contributed by atoms with Gasteiger partial charge in [0, 0.05) is 5.69 Å². The number of ether oxygens (including phenoxy) is 2. The van der Waals surface area contributed by atoms with Gasteiger partial charge < -0.3 is 14.8 Å². The molecule has 7 heteroatoms. The minimum absolute atomic E-state index is 0.368. The fraction of sp³-hybridized carbons (Fsp3) is 0.158. The molecule has 1 amide bonds. The molecule has 0 heterocycles. The molecule has 7 nitrogen and oxygen atoms in total. The van der Waals surface area contributed by atoms with Gasteiger partial charge in [0.25, 0.3) is 5.91 Å². The van der Waals surface area contributed by atoms with E-state index in [4.69, 9.17) is 20.0 Å². The van der Waals surface area contributed by atoms with Crippen molar-refractivity contribution in [3.8, 4) is 17.9 Å². The van der Waals surface area contributed by atoms with Gasteiger partial charge in [0.15, 0.2) is 12.7 Å². The predicted octanol–water partition coefficient (Wildman–Crippen LogP) is 2.38. The standard InChI is InChI=1S/C19H15N3O4/c1-13(19(24)22-16-4-2-3-15(9-16)11-21)26-18(23)12-25-17-7-5-14(10-20)6-8-17/h2-9,13H,12H2,1H3,(H,22,24). The molecule has 0 aliphatic carbocycles. The first kappa shape index (κ1) is 18.5. The van der Waals surface area contributed by atoms with E-state index in [1.807, 2.05) is 12.1 Å². The molecule has 0 aliphatic rings. The highest BCUT2D eigenvalue weighted by atomic mass is 16.6. The minimum Gasteiger partial charge on any atom is -0.482 e. The van der Waals surface area contributed by atoms with Crippen LogP contribution in [0.25, 0.3) is 0 Å². The predicted molar refractivity (Wildman–Crippen MR) is 92.0 cm³/mol. The summed E-state index contributed by atoms with van der Waals surface area (Å²) >= 11 is 0. The van der Waals surface area contributed by atoms with Crippen LogP contribution >= 0.6 is 0 Å². The Balaban J connectivity index is 1.82. The van der Waals surface area contributed by atoms with Crippen LogP contribution in [-0.4, -0.2) is 24.6 Å². The maximum atomic E-state index is 12.0. The van der Waals surface area contributed by atoms with Gasteiger partial charge in [-0.05, 0) is 49.4 Å². The van der Waals surface area contributed by atoms with Gasteiger partial charge in [-0.3, -0.25) is 4.79 Å². The van der Waals surface area contributed by atoms with Gasteiger partial charge in [0.05, 0.1) is 23.3 Å². The van der Waals surface area contributed by atoms with Crippen LogP contribution in [-0.2, 0) is 14.3 Å². The van der Waals surface area contributed by atoms with Crippen molar-refractivity contribution in [2.24, 2.45) is 0 Å². The highest BCUT2D eigenvalue weighted by Crippen LogP contribution is 2.12. The zero-order chi connectivity index (χ0) is 18.9. The number of anilines is 1. The molecule has 26 heavy (non-hydrogen) atoms. The summed E-state index contributed by atoms with van der Waals surface area (Å²) in [6.45, 7) is 1.07. The van der Waals surface area contributed by atoms with Crippen molar-refractivity contribution < 1.29 is 19.1 Å². The first-order chi connectivity index (χ1) is 12.5. The molecule has 2 aromatic carbocycles. The summed E-state index contributed by atoms with van der Waals surface area (Å²) in [5, 5.41) is 20.1. The molecule has 0 saturated heterocycles. The third kappa shape index (κ3) is 5.36. The van der Waals surface area contributed by atoms with Crippen LogP contribution in [0.5, 0.6) is 5.75 Å². The van der Waals surface area contributed by atoms with Gasteiger partial charge >= 0.3 is 5.97 Å². The Bertz CT molecular complexity index is 879. The first-order valence-electron chi connectivity index (χ1n) is 7.65. The van der Waals surface area contributed by atoms with Gasteiger partial charge in [-0.1, -0.05) is 6.07 Å². The fourth-order valence-electron chi connectivity index (χ4n) is 1.96. The van der Waals surface area contributed by atoms with Gasteiger partial charge in [-0.15, -0.1) is 0 Å². The Labute approximate surface area is 150 Å². The number of esters is 1. The molecule has 1 atom stereocenters. The molecule has 1 N–H and O–H groups in total. The molecule has 0 aromatic heterocycles. The number of nitrogens with one attached hydrogen (secondary N) is 1. The van der Waals surface area contributed by atoms with Crippen LogP contribution in [0, 0.1) is 22.7 Å². The normalized spacial score (nSPS) is 10.7. The number of nitrogens with zero attached hydrogens (tertiary/aromatic N) is 2. The lowest BCUT2D eigenvalue weighted by molar-refractivity contribution is -0.155. The van der Waals surface area contributed by atoms with Gasteiger partial charge in [-0.2, -0.15) is 10.5 Å². The molecule has 2 aromatic rings. The van der Waals surface area contributed by atoms with Crippen molar-refractivity contribution in [2.45, 2.75) is 13.0 Å². The number of amides is 1. The monoisotopic (exact) mass is 349 g/mol. The average molecular weight is 349 g/mol. The van der Waals surface area contributed by atoms with E-state index in [-0.39, 0.29) is 6.61 Å². The second-order valence-electron chi connectivity index (χ2n) is 5.24. The van der Waals surface area contributed by atoms with Gasteiger partial charge in [-0.25, -0.2) is 4.79 Å². The van der Waals surface area contributed by atoms with Crippen LogP contribution in [0.2, 0.25) is 0 Å². The van der Waals surface area contributed by atoms with Crippen LogP contribution in [0.1, 0.15) is 18.1 Å². The Kier molecular flexibility index (Phi) is 6.30. The number of hydrogen-bond donors (Lipinski definition) is 1. The Morgan fingerprint density at radius 3 is 2.42 bits per heavy atom. The van der Waals surface area contributed by atoms with Crippen molar-refractivity contribution in [3.05, 3.63) is 59.7 Å². The minimum atomic E-state index is -1.03. The van der Waals surface area contributed by atoms with Crippen molar-refractivity contribution in [1.82, 2.24) is 0 Å². The molecular formula is C19H15N3O4. The van der Waals surface area contributed by atoms with E-state index >= 15 is 0 Å². The van der Waals surface area contributed by atoms with Crippen molar-refractivity contribution >= 4 is 17.6 Å². The summed E-state index contributed by atoms with van der Waals surface area (Å²) in [6.07, 6.45) is -1.03. The highest BCUT2D eigenvalue weighted by Gasteiger charge is 2.18. The average Bonchev–Trinajstić information content (AvgIpc) is 2.66. The molecule has 130 valence electrons. The SMILES string of the molecule is CC(OC(=O)COc1ccc(C#N)cc1)C(=O)Nc1cccc(C#N)c1. The van der Waals surface area contributed by atoms with E-state index < -0.39 is 18.0 Å². The summed E-state index contributed by atoms with van der Waals surface area (Å²) in [6, 6.07) is 16.6. The lowest BCUT2D eigenvalue weighted by Crippen LogP contribution is -2.31. The molecule has 0 saturated carbocycles. The van der Waals surface area contributed by atoms with Crippen molar-refractivity contribution in [3.63, 3.8) is 0 Å². The molecule has 0 bridgehead atoms. The zero-order valence-corrected chi connectivity index (χ0v) is 13.9. The first-order valence-corrected chi connectivity index (χ1v) is 7.65. The summed E-state index contributed by atoms with van der Waals surface area (Å²) < 4.78 is 10.3. The van der Waals surface area contributed by atoms with E-state index in [0.29, 0.717) is 22.6 Å². The smallest absolute Gasteiger partial charge is 0.344 e. The summed E-state index contributed by atoms with van der Waals surface area (Å²) in [5.41, 5.74) is 1.32. The molecule has 0 radical (unpaired) electrons. The molecular weight excluding hydrogens is 334 g/mol. The maximum Gasteiger partial charge on any atom is 0.344 e. The van der Waals surface area contributed by atoms with E-state index in [2.05, 4.69) is 5.32 Å². The van der Waals surface area contributed by atoms with Crippen LogP contribution in [0.15, 0.2) is 48.5 Å².